The first-order valence-corrected chi connectivity index (χ1v) is 5.80. The monoisotopic (exact) mass is 299 g/mol. The van der Waals surface area contributed by atoms with Gasteiger partial charge in [-0.05, 0) is 24.6 Å². The van der Waals surface area contributed by atoms with Crippen LogP contribution in [0.5, 0.6) is 11.5 Å². The molecule has 0 unspecified atom stereocenters. The molecule has 0 aliphatic heterocycles. The van der Waals surface area contributed by atoms with Crippen molar-refractivity contribution in [3.05, 3.63) is 23.8 Å². The summed E-state index contributed by atoms with van der Waals surface area (Å²) < 4.78 is 69.6. The molecule has 0 saturated carbocycles. The fourth-order valence-corrected chi connectivity index (χ4v) is 1.47. The summed E-state index contributed by atoms with van der Waals surface area (Å²) in [5.74, 6) is -0.0828. The second kappa shape index (κ2) is 7.28. The smallest absolute Gasteiger partial charge is 0.401 e. The predicted octanol–water partition coefficient (Wildman–Crippen LogP) is 3.34. The van der Waals surface area contributed by atoms with Crippen molar-refractivity contribution >= 4 is 0 Å². The third-order valence-electron chi connectivity index (χ3n) is 2.18. The number of halogens is 5. The summed E-state index contributed by atoms with van der Waals surface area (Å²) in [4.78, 5) is 0. The molecule has 0 amide bonds. The van der Waals surface area contributed by atoms with E-state index >= 15 is 0 Å². The van der Waals surface area contributed by atoms with Crippen molar-refractivity contribution in [2.45, 2.75) is 26.3 Å². The SMILES string of the molecule is CCOc1cc(CNCC(F)(F)F)ccc1OC(F)F. The van der Waals surface area contributed by atoms with Gasteiger partial charge in [0.1, 0.15) is 0 Å². The molecule has 1 aromatic rings. The van der Waals surface area contributed by atoms with Crippen LogP contribution in [-0.4, -0.2) is 25.9 Å². The number of ether oxygens (including phenoxy) is 2. The predicted molar refractivity (Wildman–Crippen MR) is 62.0 cm³/mol. The molecule has 1 aromatic carbocycles. The van der Waals surface area contributed by atoms with Crippen LogP contribution in [0.4, 0.5) is 22.0 Å². The van der Waals surface area contributed by atoms with Crippen LogP contribution in [-0.2, 0) is 6.54 Å². The topological polar surface area (TPSA) is 30.5 Å². The van der Waals surface area contributed by atoms with Crippen LogP contribution in [0.1, 0.15) is 12.5 Å². The molecule has 0 spiro atoms. The van der Waals surface area contributed by atoms with Gasteiger partial charge in [-0.1, -0.05) is 6.07 Å². The standard InChI is InChI=1S/C12H14F5NO2/c1-2-19-10-5-8(6-18-7-12(15,16)17)3-4-9(10)20-11(13)14/h3-5,11,18H,2,6-7H2,1H3. The Balaban J connectivity index is 2.71. The summed E-state index contributed by atoms with van der Waals surface area (Å²) >= 11 is 0. The van der Waals surface area contributed by atoms with E-state index in [0.717, 1.165) is 0 Å². The Morgan fingerprint density at radius 1 is 1.20 bits per heavy atom. The molecule has 0 bridgehead atoms. The Kier molecular flexibility index (Phi) is 6.00. The van der Waals surface area contributed by atoms with Crippen molar-refractivity contribution in [1.82, 2.24) is 5.32 Å². The molecular formula is C12H14F5NO2. The van der Waals surface area contributed by atoms with Crippen LogP contribution in [0.3, 0.4) is 0 Å². The number of hydrogen-bond acceptors (Lipinski definition) is 3. The van der Waals surface area contributed by atoms with Gasteiger partial charge in [0.2, 0.25) is 0 Å². The van der Waals surface area contributed by atoms with Crippen molar-refractivity contribution in [3.8, 4) is 11.5 Å². The van der Waals surface area contributed by atoms with Crippen LogP contribution >= 0.6 is 0 Å². The summed E-state index contributed by atoms with van der Waals surface area (Å²) in [5.41, 5.74) is 0.472. The fraction of sp³-hybridized carbons (Fsp3) is 0.500. The zero-order valence-corrected chi connectivity index (χ0v) is 10.6. The maximum Gasteiger partial charge on any atom is 0.401 e. The first kappa shape index (κ1) is 16.5. The molecule has 0 aliphatic rings. The highest BCUT2D eigenvalue weighted by atomic mass is 19.4. The zero-order valence-electron chi connectivity index (χ0n) is 10.6. The number of alkyl halides is 5. The molecule has 0 atom stereocenters. The van der Waals surface area contributed by atoms with E-state index in [9.17, 15) is 22.0 Å². The van der Waals surface area contributed by atoms with E-state index in [4.69, 9.17) is 4.74 Å². The Hall–Kier alpha value is -1.57. The molecule has 8 heteroatoms. The van der Waals surface area contributed by atoms with Crippen LogP contribution in [0, 0.1) is 0 Å². The molecule has 0 fully saturated rings. The molecule has 114 valence electrons. The summed E-state index contributed by atoms with van der Waals surface area (Å²) in [6, 6.07) is 4.00. The molecule has 0 radical (unpaired) electrons. The van der Waals surface area contributed by atoms with Crippen molar-refractivity contribution in [2.75, 3.05) is 13.2 Å². The lowest BCUT2D eigenvalue weighted by Crippen LogP contribution is -2.28. The largest absolute Gasteiger partial charge is 0.490 e. The van der Waals surface area contributed by atoms with Crippen LogP contribution in [0.25, 0.3) is 0 Å². The zero-order chi connectivity index (χ0) is 15.2. The molecule has 1 N–H and O–H groups in total. The molecular weight excluding hydrogens is 285 g/mol. The molecule has 0 aromatic heterocycles. The van der Waals surface area contributed by atoms with Gasteiger partial charge in [0.25, 0.3) is 0 Å². The Labute approximate surface area is 112 Å². The van der Waals surface area contributed by atoms with Crippen molar-refractivity contribution in [1.29, 1.82) is 0 Å². The first-order chi connectivity index (χ1) is 9.31. The number of hydrogen-bond donors (Lipinski definition) is 1. The highest BCUT2D eigenvalue weighted by Crippen LogP contribution is 2.29. The summed E-state index contributed by atoms with van der Waals surface area (Å²) in [6.45, 7) is -2.32. The van der Waals surface area contributed by atoms with Gasteiger partial charge in [-0.15, -0.1) is 0 Å². The van der Waals surface area contributed by atoms with E-state index in [1.54, 1.807) is 6.92 Å². The number of rotatable bonds is 7. The first-order valence-electron chi connectivity index (χ1n) is 5.80. The maximum atomic E-state index is 12.2. The molecule has 0 saturated heterocycles. The Bertz CT molecular complexity index is 423. The van der Waals surface area contributed by atoms with Gasteiger partial charge < -0.3 is 14.8 Å². The molecule has 0 heterocycles. The van der Waals surface area contributed by atoms with Gasteiger partial charge in [-0.2, -0.15) is 22.0 Å². The van der Waals surface area contributed by atoms with Gasteiger partial charge >= 0.3 is 12.8 Å². The minimum absolute atomic E-state index is 0.0610. The van der Waals surface area contributed by atoms with E-state index in [2.05, 4.69) is 10.1 Å². The summed E-state index contributed by atoms with van der Waals surface area (Å²) in [5, 5.41) is 2.20. The lowest BCUT2D eigenvalue weighted by molar-refractivity contribution is -0.125. The van der Waals surface area contributed by atoms with Gasteiger partial charge in [0.05, 0.1) is 13.2 Å². The van der Waals surface area contributed by atoms with E-state index in [-0.39, 0.29) is 24.7 Å². The van der Waals surface area contributed by atoms with Gasteiger partial charge in [0.15, 0.2) is 11.5 Å². The van der Waals surface area contributed by atoms with Crippen LogP contribution in [0.2, 0.25) is 0 Å². The summed E-state index contributed by atoms with van der Waals surface area (Å²) in [7, 11) is 0. The molecule has 20 heavy (non-hydrogen) atoms. The lowest BCUT2D eigenvalue weighted by Gasteiger charge is -2.13. The van der Waals surface area contributed by atoms with E-state index in [1.165, 1.54) is 18.2 Å². The number of nitrogens with one attached hydrogen (secondary N) is 1. The normalized spacial score (nSPS) is 11.8. The van der Waals surface area contributed by atoms with E-state index in [1.807, 2.05) is 0 Å². The molecule has 0 aliphatic carbocycles. The van der Waals surface area contributed by atoms with Crippen molar-refractivity contribution in [3.63, 3.8) is 0 Å². The Morgan fingerprint density at radius 2 is 1.90 bits per heavy atom. The third-order valence-corrected chi connectivity index (χ3v) is 2.18. The highest BCUT2D eigenvalue weighted by Gasteiger charge is 2.26. The quantitative estimate of drug-likeness (QED) is 0.783. The number of benzene rings is 1. The van der Waals surface area contributed by atoms with Crippen molar-refractivity contribution in [2.24, 2.45) is 0 Å². The average molecular weight is 299 g/mol. The van der Waals surface area contributed by atoms with Gasteiger partial charge in [0, 0.05) is 6.54 Å². The van der Waals surface area contributed by atoms with Crippen LogP contribution < -0.4 is 14.8 Å². The third kappa shape index (κ3) is 6.05. The van der Waals surface area contributed by atoms with Gasteiger partial charge in [-0.25, -0.2) is 0 Å². The van der Waals surface area contributed by atoms with E-state index < -0.39 is 19.3 Å². The Morgan fingerprint density at radius 3 is 2.45 bits per heavy atom. The second-order valence-electron chi connectivity index (χ2n) is 3.81. The second-order valence-corrected chi connectivity index (χ2v) is 3.81. The minimum Gasteiger partial charge on any atom is -0.490 e. The van der Waals surface area contributed by atoms with Gasteiger partial charge in [-0.3, -0.25) is 0 Å². The summed E-state index contributed by atoms with van der Waals surface area (Å²) in [6.07, 6.45) is -4.30. The minimum atomic E-state index is -4.30. The average Bonchev–Trinajstić information content (AvgIpc) is 2.30. The van der Waals surface area contributed by atoms with Crippen molar-refractivity contribution < 1.29 is 31.4 Å². The van der Waals surface area contributed by atoms with E-state index in [0.29, 0.717) is 5.56 Å². The molecule has 3 nitrogen and oxygen atoms in total. The van der Waals surface area contributed by atoms with Crippen LogP contribution in [0.15, 0.2) is 18.2 Å². The fourth-order valence-electron chi connectivity index (χ4n) is 1.47. The maximum absolute atomic E-state index is 12.2. The highest BCUT2D eigenvalue weighted by molar-refractivity contribution is 5.43. The lowest BCUT2D eigenvalue weighted by atomic mass is 10.2. The molecule has 1 rings (SSSR count).